The Morgan fingerprint density at radius 2 is 1.90 bits per heavy atom. The molecule has 0 bridgehead atoms. The molecule has 0 fully saturated rings. The Hall–Kier alpha value is -1.63. The first-order valence-electron chi connectivity index (χ1n) is 6.69. The van der Waals surface area contributed by atoms with Crippen LogP contribution in [0.2, 0.25) is 0 Å². The number of carbonyl (C=O) groups is 2. The lowest BCUT2D eigenvalue weighted by molar-refractivity contribution is -0.121. The molecule has 4 N–H and O–H groups in total. The smallest absolute Gasteiger partial charge is 0.321 e. The minimum Gasteiger partial charge on any atom is -0.338 e. The monoisotopic (exact) mass is 314 g/mol. The van der Waals surface area contributed by atoms with Crippen molar-refractivity contribution in [1.82, 2.24) is 15.5 Å². The molecule has 0 atom stereocenters. The number of hydrogen-bond acceptors (Lipinski definition) is 4. The van der Waals surface area contributed by atoms with Crippen molar-refractivity contribution in [2.24, 2.45) is 5.73 Å². The van der Waals surface area contributed by atoms with Gasteiger partial charge in [-0.2, -0.15) is 0 Å². The molecule has 0 heterocycles. The van der Waals surface area contributed by atoms with E-state index in [-0.39, 0.29) is 24.9 Å². The number of halogens is 1. The third-order valence-electron chi connectivity index (χ3n) is 2.65. The van der Waals surface area contributed by atoms with Crippen LogP contribution in [0.3, 0.4) is 0 Å². The molecule has 0 aromatic heterocycles. The molecule has 1 rings (SSSR count). The maximum atomic E-state index is 11.7. The average Bonchev–Trinajstić information content (AvgIpc) is 2.40. The molecule has 6 nitrogen and oxygen atoms in total. The molecule has 1 aromatic rings. The van der Waals surface area contributed by atoms with Gasteiger partial charge in [-0.15, -0.1) is 12.4 Å². The molecule has 0 saturated carbocycles. The van der Waals surface area contributed by atoms with Gasteiger partial charge < -0.3 is 11.1 Å². The van der Waals surface area contributed by atoms with E-state index >= 15 is 0 Å². The zero-order valence-corrected chi connectivity index (χ0v) is 13.0. The number of nitrogens with zero attached hydrogens (tertiary/aromatic N) is 1. The highest BCUT2D eigenvalue weighted by atomic mass is 35.5. The molecule has 21 heavy (non-hydrogen) atoms. The van der Waals surface area contributed by atoms with Crippen LogP contribution in [-0.4, -0.2) is 43.0 Å². The van der Waals surface area contributed by atoms with E-state index in [0.29, 0.717) is 26.2 Å². The van der Waals surface area contributed by atoms with Crippen LogP contribution in [-0.2, 0) is 11.3 Å². The highest BCUT2D eigenvalue weighted by Crippen LogP contribution is 2.03. The normalized spacial score (nSPS) is 9.86. The number of nitrogens with one attached hydrogen (secondary N) is 2. The van der Waals surface area contributed by atoms with Crippen LogP contribution in [0.4, 0.5) is 4.79 Å². The molecule has 118 valence electrons. The minimum atomic E-state index is -0.468. The number of imide groups is 1. The molecule has 0 aliphatic carbocycles. The summed E-state index contributed by atoms with van der Waals surface area (Å²) in [5.74, 6) is -0.333. The summed E-state index contributed by atoms with van der Waals surface area (Å²) in [7, 11) is 0. The number of amides is 3. The Labute approximate surface area is 131 Å². The van der Waals surface area contributed by atoms with E-state index in [1.165, 1.54) is 0 Å². The van der Waals surface area contributed by atoms with Crippen LogP contribution >= 0.6 is 12.4 Å². The second-order valence-corrected chi connectivity index (χ2v) is 4.39. The van der Waals surface area contributed by atoms with E-state index in [1.54, 1.807) is 6.92 Å². The van der Waals surface area contributed by atoms with Gasteiger partial charge in [-0.25, -0.2) is 4.79 Å². The number of urea groups is 1. The average molecular weight is 315 g/mol. The van der Waals surface area contributed by atoms with E-state index in [0.717, 1.165) is 5.56 Å². The summed E-state index contributed by atoms with van der Waals surface area (Å²) in [4.78, 5) is 24.9. The van der Waals surface area contributed by atoms with Gasteiger partial charge >= 0.3 is 6.03 Å². The predicted molar refractivity (Wildman–Crippen MR) is 85.2 cm³/mol. The second kappa shape index (κ2) is 11.1. The van der Waals surface area contributed by atoms with Crippen LogP contribution < -0.4 is 16.4 Å². The third-order valence-corrected chi connectivity index (χ3v) is 2.65. The lowest BCUT2D eigenvalue weighted by atomic mass is 10.2. The van der Waals surface area contributed by atoms with Gasteiger partial charge in [0.15, 0.2) is 0 Å². The maximum Gasteiger partial charge on any atom is 0.321 e. The van der Waals surface area contributed by atoms with E-state index in [9.17, 15) is 9.59 Å². The fraction of sp³-hybridized carbons (Fsp3) is 0.429. The largest absolute Gasteiger partial charge is 0.338 e. The molecule has 7 heteroatoms. The van der Waals surface area contributed by atoms with Crippen LogP contribution in [0.15, 0.2) is 30.3 Å². The molecular formula is C14H23ClN4O2. The quantitative estimate of drug-likeness (QED) is 0.692. The summed E-state index contributed by atoms with van der Waals surface area (Å²) in [5.41, 5.74) is 6.66. The van der Waals surface area contributed by atoms with Crippen molar-refractivity contribution in [2.75, 3.05) is 26.2 Å². The van der Waals surface area contributed by atoms with E-state index in [4.69, 9.17) is 5.73 Å². The fourth-order valence-electron chi connectivity index (χ4n) is 1.81. The maximum absolute atomic E-state index is 11.7. The van der Waals surface area contributed by atoms with Crippen molar-refractivity contribution in [3.8, 4) is 0 Å². The van der Waals surface area contributed by atoms with Crippen molar-refractivity contribution in [3.05, 3.63) is 35.9 Å². The molecule has 0 aliphatic heterocycles. The van der Waals surface area contributed by atoms with Crippen LogP contribution in [0.1, 0.15) is 12.5 Å². The zero-order valence-electron chi connectivity index (χ0n) is 12.2. The van der Waals surface area contributed by atoms with Crippen molar-refractivity contribution in [2.45, 2.75) is 13.5 Å². The van der Waals surface area contributed by atoms with Gasteiger partial charge in [0.05, 0.1) is 6.54 Å². The summed E-state index contributed by atoms with van der Waals surface area (Å²) in [6.07, 6.45) is 0. The lowest BCUT2D eigenvalue weighted by Gasteiger charge is -2.20. The first-order valence-corrected chi connectivity index (χ1v) is 6.69. The first-order chi connectivity index (χ1) is 9.65. The van der Waals surface area contributed by atoms with Gasteiger partial charge in [-0.3, -0.25) is 15.0 Å². The first kappa shape index (κ1) is 19.4. The van der Waals surface area contributed by atoms with Gasteiger partial charge in [0.1, 0.15) is 0 Å². The van der Waals surface area contributed by atoms with Crippen LogP contribution in [0, 0.1) is 0 Å². The van der Waals surface area contributed by atoms with Crippen molar-refractivity contribution in [1.29, 1.82) is 0 Å². The summed E-state index contributed by atoms with van der Waals surface area (Å²) in [6, 6.07) is 9.36. The van der Waals surface area contributed by atoms with Gasteiger partial charge in [0, 0.05) is 26.2 Å². The topological polar surface area (TPSA) is 87.5 Å². The Bertz CT molecular complexity index is 428. The molecule has 0 unspecified atom stereocenters. The van der Waals surface area contributed by atoms with Crippen LogP contribution in [0.5, 0.6) is 0 Å². The number of hydrogen-bond donors (Lipinski definition) is 3. The number of benzene rings is 1. The standard InChI is InChI=1S/C14H22N4O2.ClH/c1-2-16-14(20)17-13(19)11-18(9-8-15)10-12-6-4-3-5-7-12;/h3-7H,2,8-11,15H2,1H3,(H2,16,17,19,20);1H. The van der Waals surface area contributed by atoms with E-state index < -0.39 is 6.03 Å². The fourth-order valence-corrected chi connectivity index (χ4v) is 1.81. The highest BCUT2D eigenvalue weighted by Gasteiger charge is 2.12. The van der Waals surface area contributed by atoms with Gasteiger partial charge in [-0.05, 0) is 12.5 Å². The summed E-state index contributed by atoms with van der Waals surface area (Å²) in [6.45, 7) is 4.10. The minimum absolute atomic E-state index is 0. The Morgan fingerprint density at radius 3 is 2.48 bits per heavy atom. The Kier molecular flexibility index (Phi) is 10.2. The number of nitrogens with two attached hydrogens (primary N) is 1. The SMILES string of the molecule is CCNC(=O)NC(=O)CN(CCN)Cc1ccccc1.Cl. The molecule has 0 saturated heterocycles. The molecule has 0 aliphatic rings. The molecule has 0 radical (unpaired) electrons. The lowest BCUT2D eigenvalue weighted by Crippen LogP contribution is -2.45. The molecular weight excluding hydrogens is 292 g/mol. The summed E-state index contributed by atoms with van der Waals surface area (Å²) < 4.78 is 0. The molecule has 0 spiro atoms. The van der Waals surface area contributed by atoms with Gasteiger partial charge in [0.2, 0.25) is 5.91 Å². The molecule has 1 aromatic carbocycles. The van der Waals surface area contributed by atoms with Gasteiger partial charge in [0.25, 0.3) is 0 Å². The summed E-state index contributed by atoms with van der Waals surface area (Å²) >= 11 is 0. The number of rotatable bonds is 7. The third kappa shape index (κ3) is 8.29. The van der Waals surface area contributed by atoms with Crippen molar-refractivity contribution < 1.29 is 9.59 Å². The highest BCUT2D eigenvalue weighted by molar-refractivity contribution is 5.95. The van der Waals surface area contributed by atoms with Crippen LogP contribution in [0.25, 0.3) is 0 Å². The van der Waals surface area contributed by atoms with Gasteiger partial charge in [-0.1, -0.05) is 30.3 Å². The van der Waals surface area contributed by atoms with Crippen molar-refractivity contribution in [3.63, 3.8) is 0 Å². The van der Waals surface area contributed by atoms with E-state index in [2.05, 4.69) is 10.6 Å². The predicted octanol–water partition coefficient (Wildman–Crippen LogP) is 0.715. The van der Waals surface area contributed by atoms with Crippen molar-refractivity contribution >= 4 is 24.3 Å². The Balaban J connectivity index is 0.00000400. The number of carbonyl (C=O) groups excluding carboxylic acids is 2. The molecule has 3 amide bonds. The Morgan fingerprint density at radius 1 is 1.24 bits per heavy atom. The van der Waals surface area contributed by atoms with E-state index in [1.807, 2.05) is 35.2 Å². The summed E-state index contributed by atoms with van der Waals surface area (Å²) in [5, 5.41) is 4.80. The second-order valence-electron chi connectivity index (χ2n) is 4.39. The zero-order chi connectivity index (χ0) is 14.8.